The molecule has 21 heavy (non-hydrogen) atoms. The number of carbonyl (C=O) groups excluding carboxylic acids is 1. The molecule has 0 aliphatic heterocycles. The lowest BCUT2D eigenvalue weighted by Crippen LogP contribution is -2.40. The topological polar surface area (TPSA) is 62.1 Å². The number of hydrogen-bond acceptors (Lipinski definition) is 4. The molecule has 114 valence electrons. The quantitative estimate of drug-likeness (QED) is 0.848. The van der Waals surface area contributed by atoms with Crippen molar-refractivity contribution in [2.24, 2.45) is 0 Å². The third-order valence-corrected chi connectivity index (χ3v) is 2.82. The van der Waals surface area contributed by atoms with Gasteiger partial charge in [0.25, 0.3) is 0 Å². The second-order valence-electron chi connectivity index (χ2n) is 5.79. The van der Waals surface area contributed by atoms with Gasteiger partial charge in [0, 0.05) is 12.1 Å². The van der Waals surface area contributed by atoms with Crippen LogP contribution in [0.3, 0.4) is 0 Å². The lowest BCUT2D eigenvalue weighted by atomic mass is 10.1. The van der Waals surface area contributed by atoms with Crippen LogP contribution in [0.2, 0.25) is 0 Å². The highest BCUT2D eigenvalue weighted by Crippen LogP contribution is 2.12. The maximum absolute atomic E-state index is 13.8. The Hall–Kier alpha value is -1.93. The van der Waals surface area contributed by atoms with Crippen molar-refractivity contribution in [3.63, 3.8) is 0 Å². The molecule has 1 N–H and O–H groups in total. The molecule has 4 nitrogen and oxygen atoms in total. The van der Waals surface area contributed by atoms with Crippen LogP contribution in [0.5, 0.6) is 0 Å². The van der Waals surface area contributed by atoms with E-state index in [2.05, 4.69) is 5.32 Å². The fraction of sp³-hybridized carbons (Fsp3) is 0.500. The number of hydrogen-bond donors (Lipinski definition) is 1. The Balaban J connectivity index is 2.68. The van der Waals surface area contributed by atoms with Gasteiger partial charge in [-0.2, -0.15) is 5.26 Å². The predicted octanol–water partition coefficient (Wildman–Crippen LogP) is 2.91. The highest BCUT2D eigenvalue weighted by Gasteiger charge is 2.23. The zero-order valence-electron chi connectivity index (χ0n) is 12.9. The first-order valence-electron chi connectivity index (χ1n) is 6.91. The zero-order valence-corrected chi connectivity index (χ0v) is 12.9. The molecule has 0 fully saturated rings. The van der Waals surface area contributed by atoms with Crippen molar-refractivity contribution < 1.29 is 13.9 Å². The van der Waals surface area contributed by atoms with Gasteiger partial charge in [-0.15, -0.1) is 0 Å². The van der Waals surface area contributed by atoms with E-state index in [1.54, 1.807) is 32.9 Å². The van der Waals surface area contributed by atoms with Gasteiger partial charge in [-0.1, -0.05) is 13.0 Å². The molecule has 0 aliphatic rings. The van der Waals surface area contributed by atoms with Crippen LogP contribution in [0.1, 0.15) is 45.2 Å². The van der Waals surface area contributed by atoms with Crippen molar-refractivity contribution in [1.29, 1.82) is 5.26 Å². The van der Waals surface area contributed by atoms with Crippen LogP contribution in [0.4, 0.5) is 4.39 Å². The van der Waals surface area contributed by atoms with Crippen LogP contribution >= 0.6 is 0 Å². The summed E-state index contributed by atoms with van der Waals surface area (Å²) in [5, 5.41) is 11.7. The Morgan fingerprint density at radius 1 is 1.48 bits per heavy atom. The monoisotopic (exact) mass is 292 g/mol. The second kappa shape index (κ2) is 7.19. The average molecular weight is 292 g/mol. The largest absolute Gasteiger partial charge is 0.459 e. The zero-order chi connectivity index (χ0) is 16.0. The van der Waals surface area contributed by atoms with Crippen LogP contribution in [0.15, 0.2) is 18.2 Å². The Labute approximate surface area is 124 Å². The number of nitrogens with zero attached hydrogens (tertiary/aromatic N) is 1. The van der Waals surface area contributed by atoms with Gasteiger partial charge in [0.1, 0.15) is 17.5 Å². The molecule has 5 heteroatoms. The Morgan fingerprint density at radius 3 is 2.62 bits per heavy atom. The van der Waals surface area contributed by atoms with Crippen LogP contribution < -0.4 is 5.32 Å². The molecule has 1 atom stereocenters. The van der Waals surface area contributed by atoms with Gasteiger partial charge in [-0.05, 0) is 39.3 Å². The number of nitrogens with one attached hydrogen (secondary N) is 1. The van der Waals surface area contributed by atoms with Crippen molar-refractivity contribution >= 4 is 5.97 Å². The van der Waals surface area contributed by atoms with Crippen molar-refractivity contribution in [3.8, 4) is 6.07 Å². The van der Waals surface area contributed by atoms with Crippen molar-refractivity contribution in [2.45, 2.75) is 52.3 Å². The molecule has 0 heterocycles. The van der Waals surface area contributed by atoms with E-state index in [1.165, 1.54) is 6.07 Å². The molecular weight excluding hydrogens is 271 g/mol. The molecule has 0 amide bonds. The van der Waals surface area contributed by atoms with Gasteiger partial charge < -0.3 is 10.1 Å². The fourth-order valence-corrected chi connectivity index (χ4v) is 1.76. The summed E-state index contributed by atoms with van der Waals surface area (Å²) in [6.07, 6.45) is 0.548. The highest BCUT2D eigenvalue weighted by molar-refractivity contribution is 5.76. The average Bonchev–Trinajstić information content (AvgIpc) is 2.38. The third-order valence-electron chi connectivity index (χ3n) is 2.82. The van der Waals surface area contributed by atoms with Gasteiger partial charge in [-0.25, -0.2) is 4.39 Å². The van der Waals surface area contributed by atoms with Gasteiger partial charge in [0.15, 0.2) is 0 Å². The Kier molecular flexibility index (Phi) is 5.86. The maximum Gasteiger partial charge on any atom is 0.323 e. The van der Waals surface area contributed by atoms with Crippen LogP contribution in [-0.4, -0.2) is 17.6 Å². The summed E-state index contributed by atoms with van der Waals surface area (Å²) in [7, 11) is 0. The molecule has 1 rings (SSSR count). The SMILES string of the molecule is CC[C@H](NCc1ccc(C#N)cc1F)C(=O)OC(C)(C)C. The molecule has 1 aromatic carbocycles. The molecule has 0 saturated carbocycles. The first kappa shape index (κ1) is 17.1. The summed E-state index contributed by atoms with van der Waals surface area (Å²) in [5.41, 5.74) is 0.137. The number of rotatable bonds is 5. The smallest absolute Gasteiger partial charge is 0.323 e. The van der Waals surface area contributed by atoms with E-state index in [0.717, 1.165) is 0 Å². The van der Waals surface area contributed by atoms with Gasteiger partial charge in [0.2, 0.25) is 0 Å². The van der Waals surface area contributed by atoms with Crippen LogP contribution in [0, 0.1) is 17.1 Å². The maximum atomic E-state index is 13.8. The van der Waals surface area contributed by atoms with E-state index in [0.29, 0.717) is 12.0 Å². The summed E-state index contributed by atoms with van der Waals surface area (Å²) >= 11 is 0. The number of nitriles is 1. The van der Waals surface area contributed by atoms with Crippen LogP contribution in [0.25, 0.3) is 0 Å². The molecule has 0 spiro atoms. The molecule has 0 bridgehead atoms. The van der Waals surface area contributed by atoms with E-state index in [1.807, 2.05) is 13.0 Å². The lowest BCUT2D eigenvalue weighted by molar-refractivity contribution is -0.157. The first-order chi connectivity index (χ1) is 9.76. The minimum absolute atomic E-state index is 0.204. The second-order valence-corrected chi connectivity index (χ2v) is 5.79. The Morgan fingerprint density at radius 2 is 2.14 bits per heavy atom. The minimum Gasteiger partial charge on any atom is -0.459 e. The summed E-state index contributed by atoms with van der Waals surface area (Å²) < 4.78 is 19.1. The van der Waals surface area contributed by atoms with Crippen molar-refractivity contribution in [2.75, 3.05) is 0 Å². The van der Waals surface area contributed by atoms with Crippen LogP contribution in [-0.2, 0) is 16.1 Å². The minimum atomic E-state index is -0.550. The van der Waals surface area contributed by atoms with Gasteiger partial charge in [-0.3, -0.25) is 4.79 Å². The van der Waals surface area contributed by atoms with E-state index >= 15 is 0 Å². The number of benzene rings is 1. The van der Waals surface area contributed by atoms with E-state index in [4.69, 9.17) is 10.00 Å². The molecule has 0 radical (unpaired) electrons. The number of ether oxygens (including phenoxy) is 1. The van der Waals surface area contributed by atoms with Gasteiger partial charge >= 0.3 is 5.97 Å². The molecular formula is C16H21FN2O2. The lowest BCUT2D eigenvalue weighted by Gasteiger charge is -2.24. The standard InChI is InChI=1S/C16H21FN2O2/c1-5-14(15(20)21-16(2,3)4)19-10-12-7-6-11(9-18)8-13(12)17/h6-8,14,19H,5,10H2,1-4H3/t14-/m0/s1. The van der Waals surface area contributed by atoms with Crippen molar-refractivity contribution in [3.05, 3.63) is 35.1 Å². The molecule has 0 saturated heterocycles. The molecule has 1 aromatic rings. The van der Waals surface area contributed by atoms with E-state index < -0.39 is 17.5 Å². The predicted molar refractivity (Wildman–Crippen MR) is 77.9 cm³/mol. The third kappa shape index (κ3) is 5.52. The number of esters is 1. The summed E-state index contributed by atoms with van der Waals surface area (Å²) in [5.74, 6) is -0.806. The Bertz CT molecular complexity index is 544. The summed E-state index contributed by atoms with van der Waals surface area (Å²) in [6, 6.07) is 5.67. The van der Waals surface area contributed by atoms with E-state index in [-0.39, 0.29) is 18.1 Å². The molecule has 0 aliphatic carbocycles. The van der Waals surface area contributed by atoms with E-state index in [9.17, 15) is 9.18 Å². The van der Waals surface area contributed by atoms with Crippen molar-refractivity contribution in [1.82, 2.24) is 5.32 Å². The summed E-state index contributed by atoms with van der Waals surface area (Å²) in [6.45, 7) is 7.47. The summed E-state index contributed by atoms with van der Waals surface area (Å²) in [4.78, 5) is 12.0. The molecule has 0 aromatic heterocycles. The normalized spacial score (nSPS) is 12.6. The molecule has 0 unspecified atom stereocenters. The number of halogens is 1. The van der Waals surface area contributed by atoms with Gasteiger partial charge in [0.05, 0.1) is 11.6 Å². The highest BCUT2D eigenvalue weighted by atomic mass is 19.1. The number of carbonyl (C=O) groups is 1. The fourth-order valence-electron chi connectivity index (χ4n) is 1.76. The first-order valence-corrected chi connectivity index (χ1v) is 6.91.